The molecule has 1 aromatic carbocycles. The van der Waals surface area contributed by atoms with Crippen molar-refractivity contribution in [2.75, 3.05) is 24.7 Å². The average Bonchev–Trinajstić information content (AvgIpc) is 3.43. The number of fused-ring (bicyclic) bond motifs is 2. The number of carbonyl (C=O) groups is 1. The summed E-state index contributed by atoms with van der Waals surface area (Å²) in [5.74, 6) is 1.67. The zero-order valence-corrected chi connectivity index (χ0v) is 18.9. The van der Waals surface area contributed by atoms with Crippen LogP contribution < -0.4 is 14.4 Å². The summed E-state index contributed by atoms with van der Waals surface area (Å²) < 4.78 is 17.3. The Morgan fingerprint density at radius 2 is 1.74 bits per heavy atom. The molecule has 0 saturated heterocycles. The van der Waals surface area contributed by atoms with Crippen molar-refractivity contribution in [2.45, 2.75) is 32.3 Å². The van der Waals surface area contributed by atoms with Gasteiger partial charge in [0.15, 0.2) is 17.6 Å². The Morgan fingerprint density at radius 1 is 1.06 bits per heavy atom. The van der Waals surface area contributed by atoms with Crippen molar-refractivity contribution in [1.29, 1.82) is 0 Å². The van der Waals surface area contributed by atoms with Crippen molar-refractivity contribution in [1.82, 2.24) is 0 Å². The van der Waals surface area contributed by atoms with Gasteiger partial charge in [0, 0.05) is 19.6 Å². The summed E-state index contributed by atoms with van der Waals surface area (Å²) in [5.41, 5.74) is 0.916. The Bertz CT molecular complexity index is 957. The number of nitrogens with zero attached hydrogens (tertiary/aromatic N) is 1. The molecule has 8 heteroatoms. The maximum Gasteiger partial charge on any atom is 0.333 e. The normalized spacial score (nSPS) is 13.3. The Labute approximate surface area is 189 Å². The zero-order chi connectivity index (χ0) is 21.6. The minimum Gasteiger partial charge on any atom is -0.494 e. The van der Waals surface area contributed by atoms with Gasteiger partial charge in [-0.05, 0) is 53.4 Å². The van der Waals surface area contributed by atoms with Crippen molar-refractivity contribution in [3.8, 4) is 17.2 Å². The zero-order valence-electron chi connectivity index (χ0n) is 17.3. The molecule has 1 aliphatic rings. The van der Waals surface area contributed by atoms with Crippen LogP contribution in [0.2, 0.25) is 0 Å². The molecule has 6 nitrogen and oxygen atoms in total. The number of carboxylic acids is 1. The molecule has 1 N–H and O–H groups in total. The van der Waals surface area contributed by atoms with E-state index in [1.165, 1.54) is 0 Å². The minimum atomic E-state index is -0.931. The third-order valence-electron chi connectivity index (χ3n) is 4.87. The first-order valence-corrected chi connectivity index (χ1v) is 12.1. The van der Waals surface area contributed by atoms with Crippen molar-refractivity contribution >= 4 is 38.6 Å². The first-order chi connectivity index (χ1) is 15.2. The lowest BCUT2D eigenvalue weighted by molar-refractivity contribution is -0.150. The van der Waals surface area contributed by atoms with Gasteiger partial charge in [0.1, 0.15) is 15.8 Å². The average molecular weight is 460 g/mol. The molecule has 31 heavy (non-hydrogen) atoms. The van der Waals surface area contributed by atoms with E-state index in [2.05, 4.69) is 15.7 Å². The van der Waals surface area contributed by atoms with E-state index >= 15 is 0 Å². The summed E-state index contributed by atoms with van der Waals surface area (Å²) in [6.07, 6.45) is 1.19. The molecule has 0 radical (unpaired) electrons. The van der Waals surface area contributed by atoms with Gasteiger partial charge in [-0.2, -0.15) is 0 Å². The molecule has 2 aromatic heterocycles. The second kappa shape index (κ2) is 10.2. The van der Waals surface area contributed by atoms with E-state index in [1.807, 2.05) is 43.3 Å². The Hall–Kier alpha value is -2.55. The van der Waals surface area contributed by atoms with Crippen LogP contribution in [0.1, 0.15) is 25.3 Å². The van der Waals surface area contributed by atoms with Crippen LogP contribution >= 0.6 is 22.7 Å². The quantitative estimate of drug-likeness (QED) is 0.358. The van der Waals surface area contributed by atoms with E-state index < -0.39 is 12.1 Å². The Kier molecular flexibility index (Phi) is 7.11. The summed E-state index contributed by atoms with van der Waals surface area (Å²) in [5, 5.41) is 15.7. The van der Waals surface area contributed by atoms with Crippen LogP contribution in [-0.2, 0) is 16.0 Å². The fraction of sp³-hybridized carbons (Fsp3) is 0.348. The van der Waals surface area contributed by atoms with Crippen LogP contribution in [0, 0.1) is 0 Å². The van der Waals surface area contributed by atoms with Crippen molar-refractivity contribution in [3.05, 3.63) is 52.7 Å². The van der Waals surface area contributed by atoms with Gasteiger partial charge in [0.25, 0.3) is 0 Å². The van der Waals surface area contributed by atoms with E-state index in [9.17, 15) is 9.90 Å². The number of carboxylic acid groups (broad SMARTS) is 1. The smallest absolute Gasteiger partial charge is 0.333 e. The largest absolute Gasteiger partial charge is 0.494 e. The lowest BCUT2D eigenvalue weighted by atomic mass is 10.1. The van der Waals surface area contributed by atoms with Gasteiger partial charge in [-0.25, -0.2) is 4.79 Å². The van der Waals surface area contributed by atoms with Gasteiger partial charge < -0.3 is 24.2 Å². The molecule has 0 amide bonds. The number of hydrogen-bond donors (Lipinski definition) is 1. The highest BCUT2D eigenvalue weighted by Crippen LogP contribution is 2.51. The van der Waals surface area contributed by atoms with Crippen molar-refractivity contribution in [3.63, 3.8) is 0 Å². The predicted molar refractivity (Wildman–Crippen MR) is 124 cm³/mol. The highest BCUT2D eigenvalue weighted by Gasteiger charge is 2.26. The summed E-state index contributed by atoms with van der Waals surface area (Å²) >= 11 is 3.37. The summed E-state index contributed by atoms with van der Waals surface area (Å²) in [4.78, 5) is 13.6. The van der Waals surface area contributed by atoms with Crippen LogP contribution in [-0.4, -0.2) is 36.9 Å². The van der Waals surface area contributed by atoms with E-state index in [4.69, 9.17) is 14.2 Å². The second-order valence-corrected chi connectivity index (χ2v) is 8.97. The number of thiophene rings is 2. The van der Waals surface area contributed by atoms with Gasteiger partial charge in [-0.3, -0.25) is 0 Å². The fourth-order valence-electron chi connectivity index (χ4n) is 3.37. The van der Waals surface area contributed by atoms with Crippen LogP contribution in [0.4, 0.5) is 10.0 Å². The second-order valence-electron chi connectivity index (χ2n) is 7.18. The molecule has 1 atom stereocenters. The van der Waals surface area contributed by atoms with Gasteiger partial charge in [0.2, 0.25) is 0 Å². The molecule has 0 spiro atoms. The van der Waals surface area contributed by atoms with Gasteiger partial charge in [0.05, 0.1) is 6.61 Å². The van der Waals surface area contributed by atoms with E-state index in [0.29, 0.717) is 19.6 Å². The molecule has 0 saturated carbocycles. The predicted octanol–water partition coefficient (Wildman–Crippen LogP) is 5.94. The molecule has 1 unspecified atom stereocenters. The molecule has 1 aliphatic heterocycles. The molecule has 3 aromatic rings. The first kappa shape index (κ1) is 21.7. The Morgan fingerprint density at radius 3 is 2.35 bits per heavy atom. The van der Waals surface area contributed by atoms with Crippen LogP contribution in [0.15, 0.2) is 47.2 Å². The van der Waals surface area contributed by atoms with E-state index in [1.54, 1.807) is 22.7 Å². The van der Waals surface area contributed by atoms with Gasteiger partial charge in [-0.15, -0.1) is 22.7 Å². The standard InChI is InChI=1S/C23H25NO5S2/c1-2-11-28-20(23(25)26)15-16-4-6-17(7-5-16)27-12-3-10-24-21-18(8-13-30-21)29-19-9-14-31-22(19)24/h4-9,13-14,20H,2-3,10-12,15H2,1H3,(H,25,26). The summed E-state index contributed by atoms with van der Waals surface area (Å²) in [7, 11) is 0. The first-order valence-electron chi connectivity index (χ1n) is 10.3. The van der Waals surface area contributed by atoms with Crippen molar-refractivity contribution in [2.24, 2.45) is 0 Å². The molecule has 3 heterocycles. The van der Waals surface area contributed by atoms with E-state index in [-0.39, 0.29) is 0 Å². The molecular weight excluding hydrogens is 434 g/mol. The SMILES string of the molecule is CCCOC(Cc1ccc(OCCCN2c3sccc3Oc3ccsc32)cc1)C(=O)O. The van der Waals surface area contributed by atoms with Gasteiger partial charge in [-0.1, -0.05) is 19.1 Å². The lowest BCUT2D eigenvalue weighted by Crippen LogP contribution is -2.26. The fourth-order valence-corrected chi connectivity index (χ4v) is 5.14. The molecule has 0 fully saturated rings. The molecule has 0 aliphatic carbocycles. The van der Waals surface area contributed by atoms with Crippen LogP contribution in [0.5, 0.6) is 17.2 Å². The highest BCUT2D eigenvalue weighted by atomic mass is 32.1. The lowest BCUT2D eigenvalue weighted by Gasteiger charge is -2.27. The third-order valence-corrected chi connectivity index (χ3v) is 6.70. The topological polar surface area (TPSA) is 68.2 Å². The summed E-state index contributed by atoms with van der Waals surface area (Å²) in [6.45, 7) is 3.84. The molecule has 0 bridgehead atoms. The maximum atomic E-state index is 11.3. The third kappa shape index (κ3) is 5.20. The number of aliphatic carboxylic acids is 1. The number of ether oxygens (including phenoxy) is 3. The number of hydrogen-bond acceptors (Lipinski definition) is 7. The number of anilines is 2. The molecule has 164 valence electrons. The molecular formula is C23H25NO5S2. The monoisotopic (exact) mass is 459 g/mol. The highest BCUT2D eigenvalue weighted by molar-refractivity contribution is 7.17. The van der Waals surface area contributed by atoms with Crippen molar-refractivity contribution < 1.29 is 24.1 Å². The number of benzene rings is 1. The van der Waals surface area contributed by atoms with Gasteiger partial charge >= 0.3 is 5.97 Å². The van der Waals surface area contributed by atoms with E-state index in [0.717, 1.165) is 52.2 Å². The minimum absolute atomic E-state index is 0.346. The van der Waals surface area contributed by atoms with Crippen LogP contribution in [0.3, 0.4) is 0 Å². The van der Waals surface area contributed by atoms with Crippen LogP contribution in [0.25, 0.3) is 0 Å². The summed E-state index contributed by atoms with van der Waals surface area (Å²) in [6, 6.07) is 11.6. The Balaban J connectivity index is 1.27. The number of rotatable bonds is 11. The maximum absolute atomic E-state index is 11.3. The molecule has 4 rings (SSSR count).